The molecule has 4 nitrogen and oxygen atoms in total. The van der Waals surface area contributed by atoms with E-state index in [9.17, 15) is 17.6 Å². The number of sulfone groups is 1. The summed E-state index contributed by atoms with van der Waals surface area (Å²) in [6.07, 6.45) is 0. The standard InChI is InChI=1S/C20H24FNO3S/c1-14(19(23)22-18-8-6-5-7-17(18)21)26(24,25)13-15-9-11-16(12-10-15)20(2,3)4/h5-12,14H,13H2,1-4H3,(H,22,23)/t14-/m1/s1. The van der Waals surface area contributed by atoms with Crippen LogP contribution >= 0.6 is 0 Å². The van der Waals surface area contributed by atoms with E-state index in [-0.39, 0.29) is 16.9 Å². The molecule has 0 aliphatic heterocycles. The molecular weight excluding hydrogens is 353 g/mol. The average Bonchev–Trinajstić information content (AvgIpc) is 2.55. The topological polar surface area (TPSA) is 63.2 Å². The van der Waals surface area contributed by atoms with Gasteiger partial charge in [-0.1, -0.05) is 57.2 Å². The van der Waals surface area contributed by atoms with Crippen molar-refractivity contribution in [1.29, 1.82) is 0 Å². The number of carbonyl (C=O) groups is 1. The first kappa shape index (κ1) is 20.1. The minimum atomic E-state index is -3.73. The summed E-state index contributed by atoms with van der Waals surface area (Å²) < 4.78 is 38.7. The van der Waals surface area contributed by atoms with E-state index in [1.807, 2.05) is 12.1 Å². The van der Waals surface area contributed by atoms with Gasteiger partial charge in [-0.05, 0) is 35.6 Å². The number of benzene rings is 2. The lowest BCUT2D eigenvalue weighted by atomic mass is 9.87. The quantitative estimate of drug-likeness (QED) is 0.854. The number of anilines is 1. The maximum Gasteiger partial charge on any atom is 0.242 e. The summed E-state index contributed by atoms with van der Waals surface area (Å²) in [5, 5.41) is 1.05. The van der Waals surface area contributed by atoms with Gasteiger partial charge in [0, 0.05) is 0 Å². The van der Waals surface area contributed by atoms with E-state index in [4.69, 9.17) is 0 Å². The molecule has 0 fully saturated rings. The van der Waals surface area contributed by atoms with E-state index in [1.54, 1.807) is 18.2 Å². The van der Waals surface area contributed by atoms with Gasteiger partial charge in [0.15, 0.2) is 9.84 Å². The lowest BCUT2D eigenvalue weighted by molar-refractivity contribution is -0.115. The van der Waals surface area contributed by atoms with E-state index in [2.05, 4.69) is 26.1 Å². The monoisotopic (exact) mass is 377 g/mol. The number of amides is 1. The van der Waals surface area contributed by atoms with Crippen LogP contribution in [-0.2, 0) is 25.8 Å². The first-order valence-corrected chi connectivity index (χ1v) is 10.1. The molecular formula is C20H24FNO3S. The second kappa shape index (κ2) is 7.58. The van der Waals surface area contributed by atoms with Gasteiger partial charge >= 0.3 is 0 Å². The van der Waals surface area contributed by atoms with Crippen LogP contribution in [0.15, 0.2) is 48.5 Å². The molecule has 6 heteroatoms. The Kier molecular flexibility index (Phi) is 5.86. The van der Waals surface area contributed by atoms with Gasteiger partial charge < -0.3 is 5.32 Å². The van der Waals surface area contributed by atoms with Crippen LogP contribution in [0.1, 0.15) is 38.8 Å². The Balaban J connectivity index is 2.11. The summed E-state index contributed by atoms with van der Waals surface area (Å²) in [5.41, 5.74) is 1.66. The van der Waals surface area contributed by atoms with E-state index >= 15 is 0 Å². The fourth-order valence-corrected chi connectivity index (χ4v) is 3.71. The number of hydrogen-bond donors (Lipinski definition) is 1. The molecule has 0 aliphatic rings. The lowest BCUT2D eigenvalue weighted by Crippen LogP contribution is -2.33. The third kappa shape index (κ3) is 4.91. The molecule has 0 aliphatic carbocycles. The summed E-state index contributed by atoms with van der Waals surface area (Å²) in [4.78, 5) is 12.2. The minimum Gasteiger partial charge on any atom is -0.322 e. The Morgan fingerprint density at radius 3 is 2.19 bits per heavy atom. The summed E-state index contributed by atoms with van der Waals surface area (Å²) in [6.45, 7) is 7.55. The van der Waals surface area contributed by atoms with Gasteiger partial charge in [-0.25, -0.2) is 12.8 Å². The van der Waals surface area contributed by atoms with Crippen molar-refractivity contribution in [3.8, 4) is 0 Å². The Morgan fingerprint density at radius 1 is 1.08 bits per heavy atom. The molecule has 1 amide bonds. The van der Waals surface area contributed by atoms with Gasteiger partial charge in [-0.2, -0.15) is 0 Å². The molecule has 140 valence electrons. The van der Waals surface area contributed by atoms with Crippen molar-refractivity contribution >= 4 is 21.4 Å². The zero-order valence-corrected chi connectivity index (χ0v) is 16.2. The first-order valence-electron chi connectivity index (χ1n) is 8.37. The van der Waals surface area contributed by atoms with Gasteiger partial charge in [0.2, 0.25) is 5.91 Å². The number of hydrogen-bond acceptors (Lipinski definition) is 3. The molecule has 0 radical (unpaired) electrons. The number of halogens is 1. The van der Waals surface area contributed by atoms with E-state index in [0.29, 0.717) is 5.56 Å². The summed E-state index contributed by atoms with van der Waals surface area (Å²) in [5.74, 6) is -1.60. The summed E-state index contributed by atoms with van der Waals surface area (Å²) in [7, 11) is -3.73. The SMILES string of the molecule is C[C@H](C(=O)Nc1ccccc1F)S(=O)(=O)Cc1ccc(C(C)(C)C)cc1. The molecule has 0 bridgehead atoms. The second-order valence-electron chi connectivity index (χ2n) is 7.37. The first-order chi connectivity index (χ1) is 12.0. The van der Waals surface area contributed by atoms with Crippen LogP contribution in [0.25, 0.3) is 0 Å². The molecule has 0 aromatic heterocycles. The van der Waals surface area contributed by atoms with Gasteiger partial charge in [0.25, 0.3) is 0 Å². The molecule has 26 heavy (non-hydrogen) atoms. The number of carbonyl (C=O) groups excluding carboxylic acids is 1. The summed E-state index contributed by atoms with van der Waals surface area (Å²) in [6, 6.07) is 13.0. The van der Waals surface area contributed by atoms with Crippen LogP contribution in [0.4, 0.5) is 10.1 Å². The zero-order chi connectivity index (χ0) is 19.5. The zero-order valence-electron chi connectivity index (χ0n) is 15.4. The second-order valence-corrected chi connectivity index (χ2v) is 9.69. The van der Waals surface area contributed by atoms with Crippen LogP contribution in [0.3, 0.4) is 0 Å². The lowest BCUT2D eigenvalue weighted by Gasteiger charge is -2.19. The van der Waals surface area contributed by atoms with Crippen LogP contribution in [-0.4, -0.2) is 19.6 Å². The maximum absolute atomic E-state index is 13.6. The molecule has 0 saturated carbocycles. The molecule has 0 heterocycles. The Bertz CT molecular complexity index is 884. The third-order valence-corrected chi connectivity index (χ3v) is 6.25. The van der Waals surface area contributed by atoms with Crippen molar-refractivity contribution < 1.29 is 17.6 Å². The van der Waals surface area contributed by atoms with Crippen molar-refractivity contribution in [3.05, 3.63) is 65.5 Å². The van der Waals surface area contributed by atoms with Crippen LogP contribution in [0, 0.1) is 5.82 Å². The Hall–Kier alpha value is -2.21. The molecule has 0 unspecified atom stereocenters. The molecule has 2 aromatic carbocycles. The predicted molar refractivity (Wildman–Crippen MR) is 102 cm³/mol. The highest BCUT2D eigenvalue weighted by molar-refractivity contribution is 7.92. The largest absolute Gasteiger partial charge is 0.322 e. The van der Waals surface area contributed by atoms with Gasteiger partial charge in [-0.3, -0.25) is 4.79 Å². The van der Waals surface area contributed by atoms with Crippen molar-refractivity contribution in [3.63, 3.8) is 0 Å². The van der Waals surface area contributed by atoms with Crippen LogP contribution in [0.2, 0.25) is 0 Å². The fraction of sp³-hybridized carbons (Fsp3) is 0.350. The van der Waals surface area contributed by atoms with Crippen LogP contribution in [0.5, 0.6) is 0 Å². The normalized spacial score (nSPS) is 13.3. The van der Waals surface area contributed by atoms with E-state index in [1.165, 1.54) is 25.1 Å². The predicted octanol–water partition coefficient (Wildman–Crippen LogP) is 4.07. The van der Waals surface area contributed by atoms with E-state index in [0.717, 1.165) is 5.56 Å². The van der Waals surface area contributed by atoms with Gasteiger partial charge in [-0.15, -0.1) is 0 Å². The molecule has 0 spiro atoms. The highest BCUT2D eigenvalue weighted by Gasteiger charge is 2.29. The number of para-hydroxylation sites is 1. The molecule has 1 atom stereocenters. The highest BCUT2D eigenvalue weighted by atomic mass is 32.2. The fourth-order valence-electron chi connectivity index (χ4n) is 2.42. The number of nitrogens with one attached hydrogen (secondary N) is 1. The smallest absolute Gasteiger partial charge is 0.242 e. The van der Waals surface area contributed by atoms with Gasteiger partial charge in [0.1, 0.15) is 11.1 Å². The molecule has 0 saturated heterocycles. The number of rotatable bonds is 5. The average molecular weight is 377 g/mol. The molecule has 2 aromatic rings. The van der Waals surface area contributed by atoms with Crippen molar-refractivity contribution in [2.45, 2.75) is 44.1 Å². The highest BCUT2D eigenvalue weighted by Crippen LogP contribution is 2.23. The van der Waals surface area contributed by atoms with Crippen molar-refractivity contribution in [2.24, 2.45) is 0 Å². The molecule has 2 rings (SSSR count). The Labute approximate surface area is 154 Å². The molecule has 1 N–H and O–H groups in total. The van der Waals surface area contributed by atoms with Crippen molar-refractivity contribution in [2.75, 3.05) is 5.32 Å². The third-order valence-electron chi connectivity index (χ3n) is 4.23. The van der Waals surface area contributed by atoms with Crippen LogP contribution < -0.4 is 5.32 Å². The van der Waals surface area contributed by atoms with Crippen molar-refractivity contribution in [1.82, 2.24) is 0 Å². The van der Waals surface area contributed by atoms with Gasteiger partial charge in [0.05, 0.1) is 11.4 Å². The maximum atomic E-state index is 13.6. The Morgan fingerprint density at radius 2 is 1.65 bits per heavy atom. The minimum absolute atomic E-state index is 0.0235. The van der Waals surface area contributed by atoms with E-state index < -0.39 is 26.8 Å². The summed E-state index contributed by atoms with van der Waals surface area (Å²) >= 11 is 0.